The Hall–Kier alpha value is -7.42. The van der Waals surface area contributed by atoms with Crippen molar-refractivity contribution in [3.63, 3.8) is 0 Å². The van der Waals surface area contributed by atoms with Gasteiger partial charge in [-0.15, -0.1) is 0 Å². The van der Waals surface area contributed by atoms with Crippen molar-refractivity contribution in [2.24, 2.45) is 0 Å². The third-order valence-electron chi connectivity index (χ3n) is 6.65. The number of aliphatic hydroxyl groups is 1. The fraction of sp³-hybridized carbons (Fsp3) is 0.0968. The number of aromatic amines is 2. The number of methoxy groups -OCH3 is 1. The molecular formula is C31H24F2N14O5. The normalized spacial score (nSPS) is 10.5. The molecule has 0 bridgehead atoms. The second kappa shape index (κ2) is 16.3. The third kappa shape index (κ3) is 8.41. The molecule has 0 saturated heterocycles. The van der Waals surface area contributed by atoms with E-state index in [0.29, 0.717) is 40.7 Å². The number of aromatic nitrogens is 14. The molecule has 0 saturated carbocycles. The summed E-state index contributed by atoms with van der Waals surface area (Å²) in [5, 5.41) is 27.3. The standard InChI is InChI=1S/C15H10FN7O2.C11H8FN5O2.C5H6N2O/c16-10-6-19-14(20-15(10)24)12-3-13(11-1-2-25-22-11)23(21-12)7-9-4-17-8-18-5-9;1-18-11-6(12)5-13-10(14-11)9-4-8(15-16-9)7-2-3-19-17-7;8-3-5-1-6-4-7-2-5/h1-6,8H,7H2,(H,19,20,24);2-5H,1H3,(H,15,16);1-2,4,8H,3H2. The summed E-state index contributed by atoms with van der Waals surface area (Å²) in [6.45, 7) is 0.384. The number of aliphatic hydroxyl groups excluding tert-OH is 1. The van der Waals surface area contributed by atoms with Gasteiger partial charge in [-0.25, -0.2) is 29.9 Å². The molecule has 262 valence electrons. The van der Waals surface area contributed by atoms with Crippen LogP contribution < -0.4 is 10.3 Å². The van der Waals surface area contributed by atoms with E-state index < -0.39 is 17.2 Å². The van der Waals surface area contributed by atoms with Crippen molar-refractivity contribution < 1.29 is 27.7 Å². The summed E-state index contributed by atoms with van der Waals surface area (Å²) in [5.41, 5.74) is 3.95. The first kappa shape index (κ1) is 34.4. The van der Waals surface area contributed by atoms with Gasteiger partial charge in [0.25, 0.3) is 11.4 Å². The molecule has 8 aromatic heterocycles. The maximum absolute atomic E-state index is 13.2. The van der Waals surface area contributed by atoms with E-state index in [0.717, 1.165) is 23.5 Å². The summed E-state index contributed by atoms with van der Waals surface area (Å²) >= 11 is 0. The third-order valence-corrected chi connectivity index (χ3v) is 6.65. The van der Waals surface area contributed by atoms with Crippen molar-refractivity contribution in [1.29, 1.82) is 0 Å². The first-order valence-corrected chi connectivity index (χ1v) is 14.8. The Morgan fingerprint density at radius 3 is 2.12 bits per heavy atom. The van der Waals surface area contributed by atoms with Gasteiger partial charge in [-0.1, -0.05) is 10.3 Å². The summed E-state index contributed by atoms with van der Waals surface area (Å²) < 4.78 is 42.4. The molecule has 0 aromatic carbocycles. The van der Waals surface area contributed by atoms with Crippen molar-refractivity contribution in [3.8, 4) is 51.7 Å². The SMILES string of the molecule is COc1nc(-c2cc(-c3ccon3)n[nH]2)ncc1F.O=c1[nH]c(-c2cc(-c3ccon3)n(Cc3cncnc3)n2)ncc1F.OCc1cncnc1. The monoisotopic (exact) mass is 710 g/mol. The van der Waals surface area contributed by atoms with Crippen LogP contribution in [-0.4, -0.2) is 82.4 Å². The van der Waals surface area contributed by atoms with E-state index in [1.54, 1.807) is 53.7 Å². The van der Waals surface area contributed by atoms with Gasteiger partial charge in [-0.3, -0.25) is 14.6 Å². The van der Waals surface area contributed by atoms with Crippen molar-refractivity contribution in [1.82, 2.24) is 70.2 Å². The Morgan fingerprint density at radius 1 is 0.827 bits per heavy atom. The molecule has 8 aromatic rings. The lowest BCUT2D eigenvalue weighted by Crippen LogP contribution is -2.12. The van der Waals surface area contributed by atoms with E-state index in [9.17, 15) is 13.6 Å². The predicted molar refractivity (Wildman–Crippen MR) is 172 cm³/mol. The lowest BCUT2D eigenvalue weighted by atomic mass is 10.2. The quantitative estimate of drug-likeness (QED) is 0.205. The van der Waals surface area contributed by atoms with Gasteiger partial charge in [0.15, 0.2) is 11.6 Å². The predicted octanol–water partition coefficient (Wildman–Crippen LogP) is 2.90. The molecule has 0 radical (unpaired) electrons. The van der Waals surface area contributed by atoms with Gasteiger partial charge in [0, 0.05) is 48.0 Å². The van der Waals surface area contributed by atoms with E-state index in [-0.39, 0.29) is 24.1 Å². The van der Waals surface area contributed by atoms with Crippen LogP contribution in [0.3, 0.4) is 0 Å². The fourth-order valence-corrected chi connectivity index (χ4v) is 4.25. The van der Waals surface area contributed by atoms with Crippen LogP contribution in [0.4, 0.5) is 8.78 Å². The molecule has 52 heavy (non-hydrogen) atoms. The number of H-pyrrole nitrogens is 2. The number of rotatable bonds is 8. The topological polar surface area (TPSA) is 251 Å². The molecule has 0 fully saturated rings. The molecule has 0 amide bonds. The highest BCUT2D eigenvalue weighted by atomic mass is 19.1. The molecule has 8 heterocycles. The maximum atomic E-state index is 13.2. The maximum Gasteiger partial charge on any atom is 0.287 e. The molecule has 0 aliphatic carbocycles. The van der Waals surface area contributed by atoms with Crippen LogP contribution in [0.2, 0.25) is 0 Å². The van der Waals surface area contributed by atoms with Crippen LogP contribution in [0.1, 0.15) is 11.1 Å². The summed E-state index contributed by atoms with van der Waals surface area (Å²) in [5.74, 6) is -1.27. The second-order valence-corrected chi connectivity index (χ2v) is 10.1. The van der Waals surface area contributed by atoms with Crippen LogP contribution >= 0.6 is 0 Å². The van der Waals surface area contributed by atoms with Crippen molar-refractivity contribution >= 4 is 0 Å². The molecule has 0 spiro atoms. The van der Waals surface area contributed by atoms with E-state index >= 15 is 0 Å². The number of hydrogen-bond donors (Lipinski definition) is 3. The molecule has 0 aliphatic rings. The van der Waals surface area contributed by atoms with Crippen LogP contribution in [-0.2, 0) is 13.2 Å². The van der Waals surface area contributed by atoms with Gasteiger partial charge >= 0.3 is 0 Å². The molecule has 0 aliphatic heterocycles. The number of nitrogens with one attached hydrogen (secondary N) is 2. The van der Waals surface area contributed by atoms with Crippen molar-refractivity contribution in [2.75, 3.05) is 7.11 Å². The molecule has 3 N–H and O–H groups in total. The molecule has 0 atom stereocenters. The molecule has 8 rings (SSSR count). The minimum Gasteiger partial charge on any atom is -0.479 e. The first-order valence-electron chi connectivity index (χ1n) is 14.8. The average Bonchev–Trinajstić information content (AvgIpc) is 4.02. The fourth-order valence-electron chi connectivity index (χ4n) is 4.25. The number of ether oxygens (including phenoxy) is 1. The summed E-state index contributed by atoms with van der Waals surface area (Å²) in [4.78, 5) is 40.8. The zero-order chi connectivity index (χ0) is 36.3. The Bertz CT molecular complexity index is 2370. The van der Waals surface area contributed by atoms with Crippen LogP contribution in [0.5, 0.6) is 5.88 Å². The first-order chi connectivity index (χ1) is 25.4. The smallest absolute Gasteiger partial charge is 0.287 e. The highest BCUT2D eigenvalue weighted by molar-refractivity contribution is 5.63. The van der Waals surface area contributed by atoms with Crippen LogP contribution in [0, 0.1) is 11.6 Å². The van der Waals surface area contributed by atoms with Crippen molar-refractivity contribution in [3.05, 3.63) is 120 Å². The summed E-state index contributed by atoms with van der Waals surface area (Å²) in [6, 6.07) is 6.72. The lowest BCUT2D eigenvalue weighted by molar-refractivity contribution is 0.281. The lowest BCUT2D eigenvalue weighted by Gasteiger charge is -2.04. The summed E-state index contributed by atoms with van der Waals surface area (Å²) in [6.07, 6.45) is 14.1. The second-order valence-electron chi connectivity index (χ2n) is 10.1. The Morgan fingerprint density at radius 2 is 1.50 bits per heavy atom. The Labute approximate surface area is 289 Å². The minimum absolute atomic E-state index is 0.0147. The van der Waals surface area contributed by atoms with Crippen LogP contribution in [0.15, 0.2) is 100 Å². The molecule has 0 unspecified atom stereocenters. The zero-order valence-corrected chi connectivity index (χ0v) is 26.7. The number of nitrogens with zero attached hydrogens (tertiary/aromatic N) is 12. The number of halogens is 2. The minimum atomic E-state index is -0.957. The van der Waals surface area contributed by atoms with Gasteiger partial charge in [0.2, 0.25) is 11.6 Å². The van der Waals surface area contributed by atoms with E-state index in [1.165, 1.54) is 32.3 Å². The van der Waals surface area contributed by atoms with E-state index in [4.69, 9.17) is 18.9 Å². The highest BCUT2D eigenvalue weighted by Gasteiger charge is 2.17. The molecular weight excluding hydrogens is 686 g/mol. The largest absolute Gasteiger partial charge is 0.479 e. The van der Waals surface area contributed by atoms with Gasteiger partial charge < -0.3 is 23.9 Å². The number of hydrogen-bond acceptors (Lipinski definition) is 16. The Kier molecular flexibility index (Phi) is 10.8. The van der Waals surface area contributed by atoms with Gasteiger partial charge in [-0.05, 0) is 12.1 Å². The Balaban J connectivity index is 0.000000151. The van der Waals surface area contributed by atoms with Gasteiger partial charge in [-0.2, -0.15) is 24.0 Å². The molecule has 21 heteroatoms. The van der Waals surface area contributed by atoms with E-state index in [2.05, 4.69) is 65.5 Å². The van der Waals surface area contributed by atoms with Crippen LogP contribution in [0.25, 0.3) is 45.8 Å². The average molecular weight is 711 g/mol. The molecule has 19 nitrogen and oxygen atoms in total. The summed E-state index contributed by atoms with van der Waals surface area (Å²) in [7, 11) is 1.34. The zero-order valence-electron chi connectivity index (χ0n) is 26.7. The van der Waals surface area contributed by atoms with Crippen molar-refractivity contribution in [2.45, 2.75) is 13.2 Å². The van der Waals surface area contributed by atoms with Gasteiger partial charge in [0.05, 0.1) is 38.3 Å². The highest BCUT2D eigenvalue weighted by Crippen LogP contribution is 2.24. The van der Waals surface area contributed by atoms with Gasteiger partial charge in [0.1, 0.15) is 53.7 Å². The van der Waals surface area contributed by atoms with E-state index in [1.807, 2.05) is 0 Å².